The lowest BCUT2D eigenvalue weighted by molar-refractivity contribution is -0.220. The first-order valence-electron chi connectivity index (χ1n) is 23.7. The van der Waals surface area contributed by atoms with Gasteiger partial charge in [-0.3, -0.25) is 18.6 Å². The number of ether oxygens (including phenoxy) is 2. The van der Waals surface area contributed by atoms with Crippen LogP contribution in [-0.4, -0.2) is 110 Å². The highest BCUT2D eigenvalue weighted by molar-refractivity contribution is 7.47. The second kappa shape index (κ2) is 40.6. The first-order chi connectivity index (χ1) is 32.8. The molecule has 1 aliphatic rings. The molecule has 14 nitrogen and oxygen atoms in total. The van der Waals surface area contributed by atoms with Gasteiger partial charge in [0.1, 0.15) is 43.2 Å². The van der Waals surface area contributed by atoms with Gasteiger partial charge in [-0.25, -0.2) is 4.57 Å². The summed E-state index contributed by atoms with van der Waals surface area (Å²) in [6.07, 6.45) is 43.9. The summed E-state index contributed by atoms with van der Waals surface area (Å²) in [6.45, 7) is 2.83. The van der Waals surface area contributed by atoms with Crippen LogP contribution >= 0.6 is 7.82 Å². The Balaban J connectivity index is 2.58. The van der Waals surface area contributed by atoms with Crippen molar-refractivity contribution >= 4 is 19.8 Å². The molecule has 0 heterocycles. The summed E-state index contributed by atoms with van der Waals surface area (Å²) < 4.78 is 33.4. The van der Waals surface area contributed by atoms with Crippen molar-refractivity contribution in [2.45, 2.75) is 159 Å². The van der Waals surface area contributed by atoms with E-state index in [0.29, 0.717) is 32.1 Å². The van der Waals surface area contributed by atoms with Gasteiger partial charge in [0.05, 0.1) is 12.7 Å². The lowest BCUT2D eigenvalue weighted by atomic mass is 9.85. The minimum Gasteiger partial charge on any atom is -0.462 e. The third-order valence-corrected chi connectivity index (χ3v) is 10.8. The number of phosphoric ester groups is 1. The average Bonchev–Trinajstić information content (AvgIpc) is 3.32. The van der Waals surface area contributed by atoms with Crippen molar-refractivity contribution in [2.75, 3.05) is 13.2 Å². The zero-order chi connectivity index (χ0) is 50.1. The number of carbonyl (C=O) groups excluding carboxylic acids is 2. The van der Waals surface area contributed by atoms with Gasteiger partial charge in [0.2, 0.25) is 0 Å². The highest BCUT2D eigenvalue weighted by Gasteiger charge is 2.51. The zero-order valence-electron chi connectivity index (χ0n) is 39.9. The number of allylic oxidation sites excluding steroid dienone is 22. The number of hydrogen-bond donors (Lipinski definition) is 7. The number of rotatable bonds is 36. The molecule has 1 rings (SSSR count). The first kappa shape index (κ1) is 61.7. The van der Waals surface area contributed by atoms with Crippen molar-refractivity contribution in [3.63, 3.8) is 0 Å². The van der Waals surface area contributed by atoms with Crippen molar-refractivity contribution in [1.29, 1.82) is 0 Å². The van der Waals surface area contributed by atoms with Crippen molar-refractivity contribution in [3.05, 3.63) is 146 Å². The molecule has 0 aromatic heterocycles. The van der Waals surface area contributed by atoms with Gasteiger partial charge in [0.15, 0.2) is 6.10 Å². The van der Waals surface area contributed by atoms with Crippen LogP contribution in [0.1, 0.15) is 110 Å². The zero-order valence-corrected chi connectivity index (χ0v) is 40.8. The quantitative estimate of drug-likeness (QED) is 0.0135. The molecule has 1 fully saturated rings. The van der Waals surface area contributed by atoms with Gasteiger partial charge in [-0.15, -0.1) is 0 Å². The first-order valence-corrected chi connectivity index (χ1v) is 25.2. The Morgan fingerprint density at radius 3 is 1.38 bits per heavy atom. The SMILES string of the molecule is CC/C=C\C/C=C\C/C=C\C/C=C\C/C=C\C/C=C\CCC(=O)O[C@H](COC(=O)CC/C=C\C/C=C\C/C=C\C/C=C/C=C/C(O)C/C=C\CC)COP(=O)(O)OC1[C@H](O)[C@H](O)C(O)[C@H](O)[C@H]1O. The monoisotopic (exact) mass is 971 g/mol. The number of hydrogen-bond acceptors (Lipinski definition) is 13. The summed E-state index contributed by atoms with van der Waals surface area (Å²) in [5.41, 5.74) is 0. The molecule has 7 N–H and O–H groups in total. The van der Waals surface area contributed by atoms with Crippen molar-refractivity contribution in [2.24, 2.45) is 0 Å². The second-order valence-electron chi connectivity index (χ2n) is 15.7. The summed E-state index contributed by atoms with van der Waals surface area (Å²) in [5, 5.41) is 60.0. The molecule has 1 aliphatic carbocycles. The molecule has 380 valence electrons. The third kappa shape index (κ3) is 32.4. The van der Waals surface area contributed by atoms with Gasteiger partial charge in [-0.1, -0.05) is 160 Å². The molecule has 0 radical (unpaired) electrons. The van der Waals surface area contributed by atoms with Gasteiger partial charge in [0.25, 0.3) is 0 Å². The van der Waals surface area contributed by atoms with E-state index in [1.165, 1.54) is 0 Å². The number of aliphatic hydroxyl groups excluding tert-OH is 6. The highest BCUT2D eigenvalue weighted by Crippen LogP contribution is 2.47. The van der Waals surface area contributed by atoms with Gasteiger partial charge in [-0.05, 0) is 83.5 Å². The molecule has 68 heavy (non-hydrogen) atoms. The predicted octanol–water partition coefficient (Wildman–Crippen LogP) is 8.69. The fourth-order valence-corrected chi connectivity index (χ4v) is 6.98. The molecule has 9 atom stereocenters. The van der Waals surface area contributed by atoms with E-state index in [2.05, 4.69) is 74.6 Å². The average molecular weight is 971 g/mol. The summed E-state index contributed by atoms with van der Waals surface area (Å²) in [4.78, 5) is 35.7. The van der Waals surface area contributed by atoms with E-state index in [-0.39, 0.29) is 12.8 Å². The van der Waals surface area contributed by atoms with E-state index in [1.54, 1.807) is 6.08 Å². The summed E-state index contributed by atoms with van der Waals surface area (Å²) >= 11 is 0. The fourth-order valence-electron chi connectivity index (χ4n) is 6.01. The molecule has 0 spiro atoms. The lowest BCUT2D eigenvalue weighted by Crippen LogP contribution is -2.64. The normalized spacial score (nSPS) is 22.8. The number of aliphatic hydroxyl groups is 6. The van der Waals surface area contributed by atoms with Crippen molar-refractivity contribution in [3.8, 4) is 0 Å². The summed E-state index contributed by atoms with van der Waals surface area (Å²) in [5.74, 6) is -1.34. The Morgan fingerprint density at radius 2 is 0.912 bits per heavy atom. The van der Waals surface area contributed by atoms with Gasteiger partial charge < -0.3 is 45.0 Å². The standard InChI is InChI=1S/C53H79O14P/c1-3-5-7-8-9-10-11-12-13-14-15-16-17-20-24-27-30-33-37-41-47(56)66-45(43-65-68(62,63)67-53-51(60)49(58)48(57)50(59)52(53)61)42-64-46(55)40-36-32-29-26-23-21-18-19-22-25-28-31-35-39-44(54)38-34-6-4-2/h5-7,9-10,12-13,15-16,19-24,28-35,39,44-45,48-54,57-61H,3-4,8,11,14,17-18,25-27,36-38,40-43H2,1-2H3,(H,62,63)/b7-5-,10-9-,13-12-,16-15-,22-19-,23-21-,24-20-,31-28+,32-29-,33-30-,34-6-,39-35+/t44?,45-,48?,49-,50+,51-,52-,53?/m1/s1. The Labute approximate surface area is 404 Å². The van der Waals surface area contributed by atoms with E-state index in [0.717, 1.165) is 51.4 Å². The van der Waals surface area contributed by atoms with Crippen LogP contribution in [0.25, 0.3) is 0 Å². The Hall–Kier alpha value is -4.31. The smallest absolute Gasteiger partial charge is 0.462 e. The van der Waals surface area contributed by atoms with Crippen LogP contribution in [0, 0.1) is 0 Å². The van der Waals surface area contributed by atoms with Crippen molar-refractivity contribution < 1.29 is 68.2 Å². The number of phosphoric acid groups is 1. The maximum absolute atomic E-state index is 12.8. The van der Waals surface area contributed by atoms with E-state index in [9.17, 15) is 49.7 Å². The highest BCUT2D eigenvalue weighted by atomic mass is 31.2. The largest absolute Gasteiger partial charge is 0.472 e. The van der Waals surface area contributed by atoms with Crippen LogP contribution in [0.3, 0.4) is 0 Å². The van der Waals surface area contributed by atoms with E-state index >= 15 is 0 Å². The minimum atomic E-state index is -5.18. The molecular formula is C53H79O14P. The minimum absolute atomic E-state index is 0.000294. The van der Waals surface area contributed by atoms with E-state index < -0.39 is 81.8 Å². The second-order valence-corrected chi connectivity index (χ2v) is 17.1. The summed E-state index contributed by atoms with van der Waals surface area (Å²) in [6, 6.07) is 0. The topological polar surface area (TPSA) is 230 Å². The van der Waals surface area contributed by atoms with Crippen LogP contribution < -0.4 is 0 Å². The molecule has 0 bridgehead atoms. The number of carbonyl (C=O) groups is 2. The molecule has 0 aliphatic heterocycles. The van der Waals surface area contributed by atoms with E-state index in [4.69, 9.17) is 18.5 Å². The van der Waals surface area contributed by atoms with Crippen LogP contribution in [-0.2, 0) is 32.7 Å². The molecular weight excluding hydrogens is 892 g/mol. The maximum Gasteiger partial charge on any atom is 0.472 e. The van der Waals surface area contributed by atoms with Gasteiger partial charge >= 0.3 is 19.8 Å². The number of esters is 2. The Kier molecular flexibility index (Phi) is 36.8. The molecule has 4 unspecified atom stereocenters. The van der Waals surface area contributed by atoms with E-state index in [1.807, 2.05) is 79.0 Å². The fraction of sp³-hybridized carbons (Fsp3) is 0.509. The van der Waals surface area contributed by atoms with Crippen LogP contribution in [0.4, 0.5) is 0 Å². The molecule has 0 amide bonds. The lowest BCUT2D eigenvalue weighted by Gasteiger charge is -2.41. The maximum atomic E-state index is 12.8. The molecule has 15 heteroatoms. The summed E-state index contributed by atoms with van der Waals surface area (Å²) in [7, 11) is -5.18. The van der Waals surface area contributed by atoms with Crippen molar-refractivity contribution in [1.82, 2.24) is 0 Å². The molecule has 0 saturated heterocycles. The van der Waals surface area contributed by atoms with Crippen LogP contribution in [0.15, 0.2) is 146 Å². The van der Waals surface area contributed by atoms with Crippen LogP contribution in [0.2, 0.25) is 0 Å². The Morgan fingerprint density at radius 1 is 0.515 bits per heavy atom. The predicted molar refractivity (Wildman–Crippen MR) is 268 cm³/mol. The third-order valence-electron chi connectivity index (χ3n) is 9.78. The molecule has 0 aromatic rings. The van der Waals surface area contributed by atoms with Gasteiger partial charge in [-0.2, -0.15) is 0 Å². The Bertz CT molecular complexity index is 1750. The van der Waals surface area contributed by atoms with Gasteiger partial charge in [0, 0.05) is 12.8 Å². The molecule has 1 saturated carbocycles. The molecule has 0 aromatic carbocycles. The van der Waals surface area contributed by atoms with Crippen LogP contribution in [0.5, 0.6) is 0 Å².